The number of aliphatic hydroxyl groups excluding tert-OH is 1. The fourth-order valence-corrected chi connectivity index (χ4v) is 4.09. The summed E-state index contributed by atoms with van der Waals surface area (Å²) in [6.45, 7) is 4.79. The molecule has 0 aromatic heterocycles. The maximum Gasteiger partial charge on any atom is 0.339 e. The Kier molecular flexibility index (Phi) is 8.47. The van der Waals surface area contributed by atoms with Crippen LogP contribution in [0.4, 0.5) is 0 Å². The number of amidine groups is 1. The predicted octanol–water partition coefficient (Wildman–Crippen LogP) is -0.0361. The smallest absolute Gasteiger partial charge is 0.339 e. The molecule has 0 radical (unpaired) electrons. The van der Waals surface area contributed by atoms with Crippen molar-refractivity contribution in [3.05, 3.63) is 47.7 Å². The van der Waals surface area contributed by atoms with Crippen LogP contribution in [0.25, 0.3) is 0 Å². The number of nitrogens with two attached hydrogens (primary N) is 1. The monoisotopic (exact) mass is 546 g/mol. The van der Waals surface area contributed by atoms with Gasteiger partial charge in [0.2, 0.25) is 6.35 Å². The number of hydroxylamine groups is 1. The minimum absolute atomic E-state index is 0.000887. The van der Waals surface area contributed by atoms with Crippen LogP contribution in [0, 0.1) is 5.92 Å². The second-order valence-electron chi connectivity index (χ2n) is 9.57. The lowest BCUT2D eigenvalue weighted by atomic mass is 10.0. The Bertz CT molecular complexity index is 1180. The van der Waals surface area contributed by atoms with Gasteiger partial charge in [-0.15, -0.1) is 0 Å². The van der Waals surface area contributed by atoms with Crippen molar-refractivity contribution in [2.45, 2.75) is 64.1 Å². The van der Waals surface area contributed by atoms with Crippen molar-refractivity contribution in [3.63, 3.8) is 0 Å². The SMILES string of the molecule is CC(C)CC(=O)ONC1=NC(O)N([C@@H]2O[C@H](COC(=O)[C@@H](C)N)[C@H]3OC(=O)c4ccccc4C(=O)O[C@H]32)C=C1. The fraction of sp³-hybridized carbons (Fsp3) is 0.480. The van der Waals surface area contributed by atoms with Gasteiger partial charge in [0.15, 0.2) is 24.3 Å². The molecule has 1 fully saturated rings. The second kappa shape index (κ2) is 11.8. The maximum absolute atomic E-state index is 13.0. The number of hydrogen-bond acceptors (Lipinski definition) is 14. The van der Waals surface area contributed by atoms with Gasteiger partial charge in [-0.25, -0.2) is 24.9 Å². The van der Waals surface area contributed by atoms with Crippen LogP contribution in [-0.2, 0) is 33.4 Å². The molecular formula is C25H30N4O10. The number of fused-ring (bicyclic) bond motifs is 2. The summed E-state index contributed by atoms with van der Waals surface area (Å²) in [5, 5.41) is 10.8. The molecule has 3 aliphatic rings. The van der Waals surface area contributed by atoms with Crippen molar-refractivity contribution in [1.82, 2.24) is 10.4 Å². The third-order valence-corrected chi connectivity index (χ3v) is 5.96. The largest absolute Gasteiger partial charge is 0.462 e. The first-order valence-corrected chi connectivity index (χ1v) is 12.3. The summed E-state index contributed by atoms with van der Waals surface area (Å²) in [4.78, 5) is 60.0. The van der Waals surface area contributed by atoms with E-state index in [1.165, 1.54) is 36.2 Å². The van der Waals surface area contributed by atoms with E-state index in [1.54, 1.807) is 12.1 Å². The lowest BCUT2D eigenvalue weighted by Crippen LogP contribution is -2.51. The number of benzene rings is 1. The molecule has 1 aromatic rings. The number of carbonyl (C=O) groups excluding carboxylic acids is 4. The number of nitrogens with zero attached hydrogens (tertiary/aromatic N) is 2. The average Bonchev–Trinajstić information content (AvgIpc) is 3.20. The molecule has 14 heteroatoms. The zero-order valence-corrected chi connectivity index (χ0v) is 21.5. The van der Waals surface area contributed by atoms with Crippen LogP contribution < -0.4 is 11.2 Å². The molecule has 1 saturated heterocycles. The number of aliphatic imine (C=N–C) groups is 1. The van der Waals surface area contributed by atoms with E-state index in [9.17, 15) is 24.3 Å². The number of esters is 3. The standard InChI is InChI=1S/C25H30N4O10/c1-12(2)10-18(30)39-28-17-8-9-29(25(34)27-17)21-20-19(16(36-21)11-35-22(31)13(3)26)37-23(32)14-6-4-5-7-15(14)24(33)38-20/h4-9,12-13,16,19-21,25,34H,10-11,26H2,1-3H3,(H,27,28)/t13-,16-,19-,20-,21-,25?/m1/s1. The molecule has 4 rings (SSSR count). The first-order valence-electron chi connectivity index (χ1n) is 12.3. The molecular weight excluding hydrogens is 516 g/mol. The van der Waals surface area contributed by atoms with E-state index in [4.69, 9.17) is 29.5 Å². The molecule has 0 bridgehead atoms. The summed E-state index contributed by atoms with van der Waals surface area (Å²) in [5.41, 5.74) is 7.94. The summed E-state index contributed by atoms with van der Waals surface area (Å²) >= 11 is 0. The molecule has 4 N–H and O–H groups in total. The topological polar surface area (TPSA) is 188 Å². The Labute approximate surface area is 223 Å². The van der Waals surface area contributed by atoms with Crippen LogP contribution in [0.1, 0.15) is 47.9 Å². The second-order valence-corrected chi connectivity index (χ2v) is 9.57. The van der Waals surface area contributed by atoms with Gasteiger partial charge in [-0.1, -0.05) is 26.0 Å². The zero-order valence-electron chi connectivity index (χ0n) is 21.5. The highest BCUT2D eigenvalue weighted by molar-refractivity contribution is 6.03. The van der Waals surface area contributed by atoms with E-state index in [2.05, 4.69) is 10.5 Å². The molecule has 3 aliphatic heterocycles. The number of aliphatic hydroxyl groups is 1. The first kappa shape index (κ1) is 28.0. The molecule has 0 spiro atoms. The Balaban J connectivity index is 1.55. The molecule has 1 aromatic carbocycles. The van der Waals surface area contributed by atoms with Crippen LogP contribution in [0.15, 0.2) is 41.5 Å². The van der Waals surface area contributed by atoms with Crippen LogP contribution in [0.5, 0.6) is 0 Å². The number of hydrogen-bond donors (Lipinski definition) is 3. The number of ether oxygens (including phenoxy) is 4. The van der Waals surface area contributed by atoms with E-state index < -0.39 is 60.8 Å². The van der Waals surface area contributed by atoms with Gasteiger partial charge in [0.05, 0.1) is 17.5 Å². The van der Waals surface area contributed by atoms with Gasteiger partial charge in [-0.3, -0.25) is 4.79 Å². The summed E-state index contributed by atoms with van der Waals surface area (Å²) in [6, 6.07) is 5.07. The third-order valence-electron chi connectivity index (χ3n) is 5.96. The molecule has 210 valence electrons. The van der Waals surface area contributed by atoms with Crippen LogP contribution in [-0.4, -0.2) is 83.3 Å². The number of carbonyl (C=O) groups is 4. The molecule has 6 atom stereocenters. The lowest BCUT2D eigenvalue weighted by molar-refractivity contribution is -0.156. The van der Waals surface area contributed by atoms with Gasteiger partial charge in [0.25, 0.3) is 0 Å². The van der Waals surface area contributed by atoms with Crippen molar-refractivity contribution >= 4 is 29.7 Å². The fourth-order valence-electron chi connectivity index (χ4n) is 4.09. The lowest BCUT2D eigenvalue weighted by Gasteiger charge is -2.35. The summed E-state index contributed by atoms with van der Waals surface area (Å²) in [7, 11) is 0. The number of rotatable bonds is 6. The van der Waals surface area contributed by atoms with Gasteiger partial charge >= 0.3 is 23.9 Å². The quantitative estimate of drug-likeness (QED) is 0.245. The van der Waals surface area contributed by atoms with Crippen molar-refractivity contribution < 1.29 is 48.1 Å². The molecule has 3 heterocycles. The molecule has 0 saturated carbocycles. The Morgan fingerprint density at radius 2 is 1.77 bits per heavy atom. The molecule has 0 amide bonds. The first-order chi connectivity index (χ1) is 18.5. The van der Waals surface area contributed by atoms with Gasteiger partial charge in [0.1, 0.15) is 18.8 Å². The van der Waals surface area contributed by atoms with E-state index in [0.29, 0.717) is 0 Å². The minimum atomic E-state index is -1.58. The zero-order chi connectivity index (χ0) is 28.3. The van der Waals surface area contributed by atoms with Crippen LogP contribution in [0.3, 0.4) is 0 Å². The Hall–Kier alpha value is -4.01. The highest BCUT2D eigenvalue weighted by Crippen LogP contribution is 2.34. The summed E-state index contributed by atoms with van der Waals surface area (Å²) < 4.78 is 22.6. The average molecular weight is 547 g/mol. The van der Waals surface area contributed by atoms with Crippen LogP contribution >= 0.6 is 0 Å². The highest BCUT2D eigenvalue weighted by Gasteiger charge is 2.54. The molecule has 1 unspecified atom stereocenters. The van der Waals surface area contributed by atoms with E-state index in [-0.39, 0.29) is 35.9 Å². The van der Waals surface area contributed by atoms with E-state index in [1.807, 2.05) is 13.8 Å². The van der Waals surface area contributed by atoms with Gasteiger partial charge in [-0.2, -0.15) is 0 Å². The van der Waals surface area contributed by atoms with E-state index in [0.717, 1.165) is 0 Å². The predicted molar refractivity (Wildman–Crippen MR) is 131 cm³/mol. The molecule has 0 aliphatic carbocycles. The molecule has 39 heavy (non-hydrogen) atoms. The van der Waals surface area contributed by atoms with Crippen molar-refractivity contribution in [1.29, 1.82) is 0 Å². The normalized spacial score (nSPS) is 26.8. The summed E-state index contributed by atoms with van der Waals surface area (Å²) in [6.07, 6.45) is -3.38. The Morgan fingerprint density at radius 1 is 1.13 bits per heavy atom. The minimum Gasteiger partial charge on any atom is -0.462 e. The maximum atomic E-state index is 13.0. The van der Waals surface area contributed by atoms with Gasteiger partial charge in [-0.05, 0) is 31.1 Å². The van der Waals surface area contributed by atoms with Crippen molar-refractivity contribution in [3.8, 4) is 0 Å². The third kappa shape index (κ3) is 6.35. The van der Waals surface area contributed by atoms with Gasteiger partial charge < -0.3 is 39.5 Å². The van der Waals surface area contributed by atoms with Crippen LogP contribution in [0.2, 0.25) is 0 Å². The number of nitrogens with one attached hydrogen (secondary N) is 1. The van der Waals surface area contributed by atoms with Gasteiger partial charge in [0, 0.05) is 6.20 Å². The highest BCUT2D eigenvalue weighted by atomic mass is 16.7. The van der Waals surface area contributed by atoms with Crippen molar-refractivity contribution in [2.24, 2.45) is 16.6 Å². The van der Waals surface area contributed by atoms with E-state index >= 15 is 0 Å². The van der Waals surface area contributed by atoms with Crippen molar-refractivity contribution in [2.75, 3.05) is 6.61 Å². The molecule has 14 nitrogen and oxygen atoms in total. The summed E-state index contributed by atoms with van der Waals surface area (Å²) in [5.74, 6) is -2.70. The Morgan fingerprint density at radius 3 is 2.36 bits per heavy atom.